The molecular weight excluding hydrogens is 323 g/mol. The van der Waals surface area contributed by atoms with Gasteiger partial charge in [0.15, 0.2) is 0 Å². The number of amides is 2. The highest BCUT2D eigenvalue weighted by Crippen LogP contribution is 2.27. The van der Waals surface area contributed by atoms with Gasteiger partial charge in [-0.05, 0) is 24.5 Å². The first-order valence-electron chi connectivity index (χ1n) is 8.35. The van der Waals surface area contributed by atoms with E-state index in [1.165, 1.54) is 6.07 Å². The number of carbonyl (C=O) groups is 2. The topological polar surface area (TPSA) is 81.2 Å². The van der Waals surface area contributed by atoms with Crippen LogP contribution in [0.15, 0.2) is 36.7 Å². The summed E-state index contributed by atoms with van der Waals surface area (Å²) in [7, 11) is 0. The Bertz CT molecular complexity index is 766. The molecule has 3 rings (SSSR count). The number of imidazole rings is 1. The normalized spacial score (nSPS) is 15.3. The van der Waals surface area contributed by atoms with Gasteiger partial charge in [-0.15, -0.1) is 0 Å². The van der Waals surface area contributed by atoms with Crippen LogP contribution in [-0.4, -0.2) is 39.4 Å². The molecule has 0 spiro atoms. The zero-order chi connectivity index (χ0) is 17.8. The van der Waals surface area contributed by atoms with E-state index in [0.717, 1.165) is 18.7 Å². The van der Waals surface area contributed by atoms with Gasteiger partial charge in [0.05, 0.1) is 6.42 Å². The first-order chi connectivity index (χ1) is 12.0. The zero-order valence-electron chi connectivity index (χ0n) is 13.9. The van der Waals surface area contributed by atoms with Gasteiger partial charge < -0.3 is 15.2 Å². The second kappa shape index (κ2) is 7.46. The number of halogens is 1. The number of nitrogens with zero attached hydrogens (tertiary/aromatic N) is 3. The summed E-state index contributed by atoms with van der Waals surface area (Å²) in [4.78, 5) is 29.6. The molecule has 2 aromatic rings. The molecular formula is C18H21FN4O2. The number of carbonyl (C=O) groups excluding carboxylic acids is 2. The maximum atomic E-state index is 13.7. The van der Waals surface area contributed by atoms with Crippen LogP contribution in [0.2, 0.25) is 0 Å². The monoisotopic (exact) mass is 344 g/mol. The molecule has 2 amide bonds. The van der Waals surface area contributed by atoms with Gasteiger partial charge in [0.25, 0.3) is 0 Å². The van der Waals surface area contributed by atoms with Gasteiger partial charge in [0.1, 0.15) is 18.2 Å². The quantitative estimate of drug-likeness (QED) is 0.891. The summed E-state index contributed by atoms with van der Waals surface area (Å²) >= 11 is 0. The van der Waals surface area contributed by atoms with Crippen molar-refractivity contribution >= 4 is 11.8 Å². The fourth-order valence-electron chi connectivity index (χ4n) is 3.29. The number of rotatable bonds is 5. The third kappa shape index (κ3) is 4.04. The van der Waals surface area contributed by atoms with Crippen LogP contribution in [-0.2, 0) is 22.6 Å². The Kier molecular flexibility index (Phi) is 5.11. The Morgan fingerprint density at radius 2 is 1.96 bits per heavy atom. The summed E-state index contributed by atoms with van der Waals surface area (Å²) in [6.07, 6.45) is 5.01. The molecule has 132 valence electrons. The minimum Gasteiger partial charge on any atom is -0.368 e. The summed E-state index contributed by atoms with van der Waals surface area (Å²) in [5.74, 6) is 0.201. The number of aromatic nitrogens is 2. The first kappa shape index (κ1) is 17.1. The molecule has 1 aliphatic heterocycles. The van der Waals surface area contributed by atoms with Gasteiger partial charge in [-0.25, -0.2) is 9.37 Å². The van der Waals surface area contributed by atoms with Gasteiger partial charge in [0.2, 0.25) is 11.8 Å². The van der Waals surface area contributed by atoms with Gasteiger partial charge in [-0.2, -0.15) is 0 Å². The Morgan fingerprint density at radius 3 is 2.64 bits per heavy atom. The summed E-state index contributed by atoms with van der Waals surface area (Å²) in [5.41, 5.74) is 5.68. The number of nitrogens with two attached hydrogens (primary N) is 1. The number of hydrogen-bond donors (Lipinski definition) is 1. The second-order valence-corrected chi connectivity index (χ2v) is 6.30. The predicted molar refractivity (Wildman–Crippen MR) is 90.1 cm³/mol. The number of primary amides is 1. The minimum absolute atomic E-state index is 0.0657. The zero-order valence-corrected chi connectivity index (χ0v) is 13.9. The van der Waals surface area contributed by atoms with Crippen molar-refractivity contribution in [2.75, 3.05) is 13.1 Å². The van der Waals surface area contributed by atoms with E-state index in [1.807, 2.05) is 0 Å². The molecule has 2 N–H and O–H groups in total. The van der Waals surface area contributed by atoms with Crippen molar-refractivity contribution in [2.45, 2.75) is 31.7 Å². The smallest absolute Gasteiger partial charge is 0.237 e. The van der Waals surface area contributed by atoms with Crippen LogP contribution in [0, 0.1) is 5.82 Å². The first-order valence-corrected chi connectivity index (χ1v) is 8.35. The Labute approximate surface area is 145 Å². The third-order valence-corrected chi connectivity index (χ3v) is 4.59. The highest BCUT2D eigenvalue weighted by Gasteiger charge is 2.26. The maximum Gasteiger partial charge on any atom is 0.237 e. The van der Waals surface area contributed by atoms with Crippen LogP contribution >= 0.6 is 0 Å². The van der Waals surface area contributed by atoms with Crippen LogP contribution in [0.5, 0.6) is 0 Å². The van der Waals surface area contributed by atoms with E-state index in [1.54, 1.807) is 40.1 Å². The van der Waals surface area contributed by atoms with E-state index in [2.05, 4.69) is 4.98 Å². The second-order valence-electron chi connectivity index (χ2n) is 6.30. The molecule has 0 atom stereocenters. The van der Waals surface area contributed by atoms with Crippen LogP contribution in [0.25, 0.3) is 0 Å². The highest BCUT2D eigenvalue weighted by molar-refractivity contribution is 5.79. The standard InChI is InChI=1S/C18H21FN4O2/c19-15-4-2-1-3-14(15)11-17(25)22-8-5-13(6-9-22)18-21-7-10-23(18)12-16(20)24/h1-4,7,10,13H,5-6,8-9,11-12H2,(H2,20,24). The lowest BCUT2D eigenvalue weighted by atomic mass is 9.95. The van der Waals surface area contributed by atoms with E-state index in [0.29, 0.717) is 18.7 Å². The number of hydrogen-bond acceptors (Lipinski definition) is 3. The van der Waals surface area contributed by atoms with E-state index in [-0.39, 0.29) is 30.6 Å². The maximum absolute atomic E-state index is 13.7. The van der Waals surface area contributed by atoms with Crippen LogP contribution in [0.3, 0.4) is 0 Å². The van der Waals surface area contributed by atoms with Crippen molar-refractivity contribution in [1.82, 2.24) is 14.5 Å². The molecule has 0 radical (unpaired) electrons. The van der Waals surface area contributed by atoms with E-state index >= 15 is 0 Å². The third-order valence-electron chi connectivity index (χ3n) is 4.59. The Hall–Kier alpha value is -2.70. The molecule has 1 saturated heterocycles. The Morgan fingerprint density at radius 1 is 1.24 bits per heavy atom. The van der Waals surface area contributed by atoms with Crippen molar-refractivity contribution in [2.24, 2.45) is 5.73 Å². The predicted octanol–water partition coefficient (Wildman–Crippen LogP) is 1.46. The summed E-state index contributed by atoms with van der Waals surface area (Å²) < 4.78 is 15.5. The van der Waals surface area contributed by atoms with Gasteiger partial charge in [-0.3, -0.25) is 9.59 Å². The van der Waals surface area contributed by atoms with Crippen molar-refractivity contribution in [3.05, 3.63) is 53.9 Å². The molecule has 0 unspecified atom stereocenters. The number of likely N-dealkylation sites (tertiary alicyclic amines) is 1. The molecule has 1 aromatic heterocycles. The molecule has 1 fully saturated rings. The minimum atomic E-state index is -0.406. The van der Waals surface area contributed by atoms with Gasteiger partial charge >= 0.3 is 0 Å². The summed E-state index contributed by atoms with van der Waals surface area (Å²) in [6, 6.07) is 6.35. The molecule has 0 aliphatic carbocycles. The Balaban J connectivity index is 1.58. The molecule has 7 heteroatoms. The van der Waals surface area contributed by atoms with Gasteiger partial charge in [-0.1, -0.05) is 18.2 Å². The van der Waals surface area contributed by atoms with Crippen LogP contribution in [0.4, 0.5) is 4.39 Å². The number of benzene rings is 1. The fourth-order valence-corrected chi connectivity index (χ4v) is 3.29. The van der Waals surface area contributed by atoms with E-state index in [9.17, 15) is 14.0 Å². The number of piperidine rings is 1. The summed E-state index contributed by atoms with van der Waals surface area (Å²) in [5, 5.41) is 0. The lowest BCUT2D eigenvalue weighted by molar-refractivity contribution is -0.131. The SMILES string of the molecule is NC(=O)Cn1ccnc1C1CCN(C(=O)Cc2ccccc2F)CC1. The van der Waals surface area contributed by atoms with Crippen molar-refractivity contribution in [3.63, 3.8) is 0 Å². The molecule has 0 bridgehead atoms. The van der Waals surface area contributed by atoms with Crippen molar-refractivity contribution in [1.29, 1.82) is 0 Å². The van der Waals surface area contributed by atoms with Crippen molar-refractivity contribution in [3.8, 4) is 0 Å². The van der Waals surface area contributed by atoms with Crippen molar-refractivity contribution < 1.29 is 14.0 Å². The molecule has 2 heterocycles. The van der Waals surface area contributed by atoms with Crippen LogP contribution < -0.4 is 5.73 Å². The fraction of sp³-hybridized carbons (Fsp3) is 0.389. The average Bonchev–Trinajstić information content (AvgIpc) is 3.04. The molecule has 25 heavy (non-hydrogen) atoms. The highest BCUT2D eigenvalue weighted by atomic mass is 19.1. The lowest BCUT2D eigenvalue weighted by Gasteiger charge is -2.32. The van der Waals surface area contributed by atoms with Gasteiger partial charge in [0, 0.05) is 31.4 Å². The van der Waals surface area contributed by atoms with E-state index in [4.69, 9.17) is 5.73 Å². The largest absolute Gasteiger partial charge is 0.368 e. The molecule has 0 saturated carbocycles. The molecule has 1 aromatic carbocycles. The summed E-state index contributed by atoms with van der Waals surface area (Å²) in [6.45, 7) is 1.31. The molecule has 1 aliphatic rings. The van der Waals surface area contributed by atoms with Crippen LogP contribution in [0.1, 0.15) is 30.1 Å². The average molecular weight is 344 g/mol. The lowest BCUT2D eigenvalue weighted by Crippen LogP contribution is -2.39. The van der Waals surface area contributed by atoms with E-state index < -0.39 is 5.91 Å². The molecule has 6 nitrogen and oxygen atoms in total.